The molecule has 0 aromatic rings. The third kappa shape index (κ3) is 3.66. The predicted octanol–water partition coefficient (Wildman–Crippen LogP) is 4.26. The first kappa shape index (κ1) is 16.9. The number of rotatable bonds is 3. The van der Waals surface area contributed by atoms with E-state index >= 15 is 0 Å². The largest absolute Gasteiger partial charge is 0.410 e. The van der Waals surface area contributed by atoms with Crippen LogP contribution in [0.15, 0.2) is 12.2 Å². The number of aliphatic hydroxyl groups is 1. The van der Waals surface area contributed by atoms with Crippen LogP contribution in [0, 0.1) is 0 Å². The van der Waals surface area contributed by atoms with Crippen LogP contribution in [0.2, 0.25) is 18.1 Å². The molecule has 5 heteroatoms. The number of hydrogen-bond acceptors (Lipinski definition) is 4. The fraction of sp³-hybridized carbons (Fsp3) is 0.867. The van der Waals surface area contributed by atoms with Crippen LogP contribution in [-0.2, 0) is 4.43 Å². The van der Waals surface area contributed by atoms with Crippen molar-refractivity contribution in [1.82, 2.24) is 0 Å². The highest BCUT2D eigenvalue weighted by Gasteiger charge is 2.45. The summed E-state index contributed by atoms with van der Waals surface area (Å²) in [6.07, 6.45) is 6.17. The van der Waals surface area contributed by atoms with Gasteiger partial charge in [-0.3, -0.25) is 0 Å². The highest BCUT2D eigenvalue weighted by atomic mass is 32.2. The van der Waals surface area contributed by atoms with E-state index in [0.717, 1.165) is 6.42 Å². The topological polar surface area (TPSA) is 29.5 Å². The molecule has 1 fully saturated rings. The fourth-order valence-electron chi connectivity index (χ4n) is 2.32. The smallest absolute Gasteiger partial charge is 0.192 e. The van der Waals surface area contributed by atoms with E-state index in [1.165, 1.54) is 17.9 Å². The van der Waals surface area contributed by atoms with E-state index in [2.05, 4.69) is 39.9 Å². The van der Waals surface area contributed by atoms with Crippen molar-refractivity contribution >= 4 is 31.8 Å². The summed E-state index contributed by atoms with van der Waals surface area (Å²) >= 11 is 3.80. The highest BCUT2D eigenvalue weighted by molar-refractivity contribution is 8.17. The molecule has 2 atom stereocenters. The minimum atomic E-state index is -1.76. The second-order valence-corrected chi connectivity index (χ2v) is 14.9. The van der Waals surface area contributed by atoms with Gasteiger partial charge in [0.05, 0.1) is 10.7 Å². The lowest BCUT2D eigenvalue weighted by Gasteiger charge is -2.39. The van der Waals surface area contributed by atoms with Crippen LogP contribution >= 0.6 is 23.5 Å². The van der Waals surface area contributed by atoms with Gasteiger partial charge in [0, 0.05) is 6.42 Å². The van der Waals surface area contributed by atoms with E-state index in [1.807, 2.05) is 29.6 Å². The van der Waals surface area contributed by atoms with Gasteiger partial charge in [0.2, 0.25) is 0 Å². The lowest BCUT2D eigenvalue weighted by atomic mass is 10.1. The van der Waals surface area contributed by atoms with Crippen LogP contribution in [0.1, 0.15) is 33.6 Å². The molecule has 2 aliphatic rings. The van der Waals surface area contributed by atoms with Crippen molar-refractivity contribution in [2.75, 3.05) is 11.5 Å². The quantitative estimate of drug-likeness (QED) is 0.617. The highest BCUT2D eigenvalue weighted by Crippen LogP contribution is 2.45. The Hall–Kier alpha value is 0.577. The first-order chi connectivity index (χ1) is 9.14. The molecule has 20 heavy (non-hydrogen) atoms. The molecule has 2 nitrogen and oxygen atoms in total. The molecule has 1 aliphatic carbocycles. The Morgan fingerprint density at radius 2 is 1.85 bits per heavy atom. The Labute approximate surface area is 133 Å². The molecule has 2 rings (SSSR count). The maximum absolute atomic E-state index is 10.9. The summed E-state index contributed by atoms with van der Waals surface area (Å²) in [4.78, 5) is 0. The van der Waals surface area contributed by atoms with E-state index < -0.39 is 13.9 Å². The lowest BCUT2D eigenvalue weighted by Crippen LogP contribution is -2.45. The third-order valence-corrected chi connectivity index (χ3v) is 12.4. The lowest BCUT2D eigenvalue weighted by molar-refractivity contribution is 0.0749. The zero-order valence-electron chi connectivity index (χ0n) is 13.3. The maximum atomic E-state index is 10.9. The summed E-state index contributed by atoms with van der Waals surface area (Å²) in [6, 6.07) is 0. The van der Waals surface area contributed by atoms with Gasteiger partial charge < -0.3 is 9.53 Å². The van der Waals surface area contributed by atoms with E-state index in [9.17, 15) is 5.11 Å². The summed E-state index contributed by atoms with van der Waals surface area (Å²) in [7, 11) is -1.76. The van der Waals surface area contributed by atoms with Gasteiger partial charge in [-0.1, -0.05) is 32.9 Å². The first-order valence-electron chi connectivity index (χ1n) is 7.47. The Bertz CT molecular complexity index is 373. The van der Waals surface area contributed by atoms with E-state index in [-0.39, 0.29) is 15.7 Å². The number of thioether (sulfide) groups is 2. The average molecular weight is 333 g/mol. The summed E-state index contributed by atoms with van der Waals surface area (Å²) in [5.74, 6) is 2.34. The van der Waals surface area contributed by atoms with Gasteiger partial charge in [0.25, 0.3) is 0 Å². The van der Waals surface area contributed by atoms with Crippen LogP contribution < -0.4 is 0 Å². The van der Waals surface area contributed by atoms with Crippen molar-refractivity contribution < 1.29 is 9.53 Å². The molecule has 1 saturated heterocycles. The van der Waals surface area contributed by atoms with Crippen LogP contribution in [0.25, 0.3) is 0 Å². The van der Waals surface area contributed by atoms with Gasteiger partial charge >= 0.3 is 0 Å². The molecule has 0 bridgehead atoms. The van der Waals surface area contributed by atoms with Gasteiger partial charge in [-0.05, 0) is 36.1 Å². The van der Waals surface area contributed by atoms with Crippen LogP contribution in [0.5, 0.6) is 0 Å². The zero-order valence-corrected chi connectivity index (χ0v) is 15.9. The summed E-state index contributed by atoms with van der Waals surface area (Å²) in [6.45, 7) is 11.3. The van der Waals surface area contributed by atoms with Crippen LogP contribution in [0.3, 0.4) is 0 Å². The van der Waals surface area contributed by atoms with Crippen molar-refractivity contribution in [3.63, 3.8) is 0 Å². The van der Waals surface area contributed by atoms with Crippen molar-refractivity contribution in [2.24, 2.45) is 0 Å². The van der Waals surface area contributed by atoms with Gasteiger partial charge in [-0.15, -0.1) is 23.5 Å². The van der Waals surface area contributed by atoms with E-state index in [0.29, 0.717) is 0 Å². The normalized spacial score (nSPS) is 32.8. The maximum Gasteiger partial charge on any atom is 0.192 e. The molecule has 0 saturated carbocycles. The van der Waals surface area contributed by atoms with Gasteiger partial charge in [-0.25, -0.2) is 0 Å². The Morgan fingerprint density at radius 3 is 2.40 bits per heavy atom. The van der Waals surface area contributed by atoms with E-state index in [1.54, 1.807) is 0 Å². The molecule has 1 aliphatic heterocycles. The molecule has 0 radical (unpaired) electrons. The van der Waals surface area contributed by atoms with Gasteiger partial charge in [-0.2, -0.15) is 0 Å². The molecule has 0 aromatic heterocycles. The molecule has 0 amide bonds. The van der Waals surface area contributed by atoms with Crippen LogP contribution in [-0.4, -0.2) is 41.2 Å². The number of hydrogen-bond donors (Lipinski definition) is 1. The van der Waals surface area contributed by atoms with Crippen molar-refractivity contribution in [1.29, 1.82) is 0 Å². The average Bonchev–Trinajstić information content (AvgIpc) is 2.71. The summed E-state index contributed by atoms with van der Waals surface area (Å²) in [5, 5.41) is 11.1. The van der Waals surface area contributed by atoms with Crippen LogP contribution in [0.4, 0.5) is 0 Å². The molecule has 1 N–H and O–H groups in total. The van der Waals surface area contributed by atoms with Crippen molar-refractivity contribution in [3.05, 3.63) is 12.2 Å². The zero-order chi connectivity index (χ0) is 15.0. The molecule has 1 heterocycles. The minimum Gasteiger partial charge on any atom is -0.410 e. The second kappa shape index (κ2) is 5.99. The summed E-state index contributed by atoms with van der Waals surface area (Å²) < 4.78 is 6.70. The van der Waals surface area contributed by atoms with Gasteiger partial charge in [0.15, 0.2) is 8.32 Å². The predicted molar refractivity (Wildman–Crippen MR) is 94.1 cm³/mol. The standard InChI is InChI=1S/C15H28O2S2Si/c1-14(2,3)20(4,5)17-12-7-8-15(16,11-12)13-18-9-6-10-19-13/h7-8,12-13,16H,6,9-11H2,1-5H3/t12-,15-/m0/s1. The Balaban J connectivity index is 1.97. The monoisotopic (exact) mass is 332 g/mol. The molecule has 0 aromatic carbocycles. The second-order valence-electron chi connectivity index (χ2n) is 7.40. The van der Waals surface area contributed by atoms with Crippen molar-refractivity contribution in [3.8, 4) is 0 Å². The molecular formula is C15H28O2S2Si. The van der Waals surface area contributed by atoms with E-state index in [4.69, 9.17) is 4.43 Å². The first-order valence-corrected chi connectivity index (χ1v) is 12.5. The third-order valence-electron chi connectivity index (χ3n) is 4.62. The molecule has 0 unspecified atom stereocenters. The fourth-order valence-corrected chi connectivity index (χ4v) is 6.71. The summed E-state index contributed by atoms with van der Waals surface area (Å²) in [5.41, 5.74) is -0.678. The SMILES string of the molecule is CC(C)(C)[Si](C)(C)O[C@H]1C=C[C@@](O)(C2SCCCS2)C1. The molecular weight excluding hydrogens is 304 g/mol. The molecule has 0 spiro atoms. The molecule has 116 valence electrons. The van der Waals surface area contributed by atoms with Crippen molar-refractivity contribution in [2.45, 2.75) is 68.0 Å². The minimum absolute atomic E-state index is 0.0871. The Morgan fingerprint density at radius 1 is 1.25 bits per heavy atom. The van der Waals surface area contributed by atoms with Gasteiger partial charge in [0.1, 0.15) is 5.60 Å². The Kier molecular flexibility index (Phi) is 5.08.